The van der Waals surface area contributed by atoms with E-state index < -0.39 is 41.1 Å². The second kappa shape index (κ2) is 7.98. The summed E-state index contributed by atoms with van der Waals surface area (Å²) in [6, 6.07) is 10.8. The van der Waals surface area contributed by atoms with Gasteiger partial charge < -0.3 is 5.32 Å². The molecule has 164 valence electrons. The summed E-state index contributed by atoms with van der Waals surface area (Å²) in [5.74, 6) is -2.77. The third-order valence-electron chi connectivity index (χ3n) is 5.69. The highest BCUT2D eigenvalue weighted by Gasteiger charge is 2.44. The molecule has 0 aromatic heterocycles. The Morgan fingerprint density at radius 3 is 2.34 bits per heavy atom. The number of amides is 5. The molecular weight excluding hydrogens is 478 g/mol. The van der Waals surface area contributed by atoms with E-state index in [4.69, 9.17) is 0 Å². The predicted octanol–water partition coefficient (Wildman–Crippen LogP) is 2.52. The van der Waals surface area contributed by atoms with E-state index in [1.807, 2.05) is 38.1 Å². The summed E-state index contributed by atoms with van der Waals surface area (Å²) in [6.45, 7) is 3.72. The number of carbonyl (C=O) groups is 5. The third-order valence-corrected chi connectivity index (χ3v) is 6.22. The highest BCUT2D eigenvalue weighted by molar-refractivity contribution is 9.10. The van der Waals surface area contributed by atoms with Crippen LogP contribution in [0.25, 0.3) is 0 Å². The minimum atomic E-state index is -1.05. The van der Waals surface area contributed by atoms with Crippen molar-refractivity contribution in [2.75, 3.05) is 0 Å². The first-order chi connectivity index (χ1) is 15.1. The molecule has 2 heterocycles. The third kappa shape index (κ3) is 3.84. The number of piperidine rings is 1. The Labute approximate surface area is 192 Å². The summed E-state index contributed by atoms with van der Waals surface area (Å²) < 4.78 is 0.922. The van der Waals surface area contributed by atoms with Gasteiger partial charge in [0.15, 0.2) is 0 Å². The molecule has 2 aromatic carbocycles. The molecule has 2 aliphatic heterocycles. The zero-order valence-corrected chi connectivity index (χ0v) is 19.0. The first-order valence-electron chi connectivity index (χ1n) is 10.0. The van der Waals surface area contributed by atoms with Crippen LogP contribution in [-0.4, -0.2) is 40.5 Å². The summed E-state index contributed by atoms with van der Waals surface area (Å²) in [7, 11) is 0. The molecule has 0 bridgehead atoms. The van der Waals surface area contributed by atoms with Gasteiger partial charge in [0.05, 0.1) is 16.7 Å². The van der Waals surface area contributed by atoms with Crippen LogP contribution in [0.3, 0.4) is 0 Å². The van der Waals surface area contributed by atoms with Gasteiger partial charge in [-0.1, -0.05) is 28.1 Å². The first kappa shape index (κ1) is 21.9. The number of nitrogens with one attached hydrogen (secondary N) is 2. The molecular formula is C23H20BrN3O5. The van der Waals surface area contributed by atoms with E-state index >= 15 is 0 Å². The lowest BCUT2D eigenvalue weighted by Gasteiger charge is -2.27. The Balaban J connectivity index is 1.57. The zero-order chi connectivity index (χ0) is 23.2. The SMILES string of the molecule is CC(C)(NC(=O)c1ccc2c(c1)C(=O)N(C1CCC(=O)NC1=O)C2=O)c1ccc(Br)cc1. The number of hydrogen-bond donors (Lipinski definition) is 2. The van der Waals surface area contributed by atoms with Gasteiger partial charge >= 0.3 is 0 Å². The maximum atomic E-state index is 13.0. The van der Waals surface area contributed by atoms with Gasteiger partial charge in [-0.25, -0.2) is 0 Å². The van der Waals surface area contributed by atoms with Gasteiger partial charge in [-0.2, -0.15) is 0 Å². The van der Waals surface area contributed by atoms with Crippen molar-refractivity contribution in [3.05, 3.63) is 69.2 Å². The number of nitrogens with zero attached hydrogens (tertiary/aromatic N) is 1. The standard InChI is InChI=1S/C23H20BrN3O5/c1-23(2,13-4-6-14(24)7-5-13)26-19(29)12-3-8-15-16(11-12)22(32)27(21(15)31)17-9-10-18(28)25-20(17)30/h3-8,11,17H,9-10H2,1-2H3,(H,26,29)(H,25,28,30). The number of hydrogen-bond acceptors (Lipinski definition) is 5. The van der Waals surface area contributed by atoms with E-state index in [2.05, 4.69) is 26.6 Å². The molecule has 8 nitrogen and oxygen atoms in total. The molecule has 9 heteroatoms. The number of rotatable bonds is 4. The van der Waals surface area contributed by atoms with Crippen molar-refractivity contribution in [3.63, 3.8) is 0 Å². The van der Waals surface area contributed by atoms with Crippen molar-refractivity contribution in [2.24, 2.45) is 0 Å². The molecule has 32 heavy (non-hydrogen) atoms. The van der Waals surface area contributed by atoms with Crippen LogP contribution in [0.15, 0.2) is 46.9 Å². The van der Waals surface area contributed by atoms with Crippen LogP contribution >= 0.6 is 15.9 Å². The predicted molar refractivity (Wildman–Crippen MR) is 118 cm³/mol. The average Bonchev–Trinajstić information content (AvgIpc) is 2.98. The lowest BCUT2D eigenvalue weighted by molar-refractivity contribution is -0.136. The Morgan fingerprint density at radius 1 is 1.03 bits per heavy atom. The molecule has 0 saturated carbocycles. The van der Waals surface area contributed by atoms with E-state index in [1.165, 1.54) is 18.2 Å². The fraction of sp³-hybridized carbons (Fsp3) is 0.261. The molecule has 0 aliphatic carbocycles. The second-order valence-electron chi connectivity index (χ2n) is 8.29. The number of carbonyl (C=O) groups excluding carboxylic acids is 5. The highest BCUT2D eigenvalue weighted by atomic mass is 79.9. The van der Waals surface area contributed by atoms with Crippen molar-refractivity contribution in [3.8, 4) is 0 Å². The molecule has 4 rings (SSSR count). The molecule has 1 saturated heterocycles. The highest BCUT2D eigenvalue weighted by Crippen LogP contribution is 2.29. The van der Waals surface area contributed by atoms with E-state index in [1.54, 1.807) is 0 Å². The average molecular weight is 498 g/mol. The summed E-state index contributed by atoms with van der Waals surface area (Å²) in [5, 5.41) is 5.10. The van der Waals surface area contributed by atoms with Crippen LogP contribution in [0, 0.1) is 0 Å². The van der Waals surface area contributed by atoms with Crippen molar-refractivity contribution in [1.29, 1.82) is 0 Å². The topological polar surface area (TPSA) is 113 Å². The molecule has 0 spiro atoms. The fourth-order valence-electron chi connectivity index (χ4n) is 3.91. The van der Waals surface area contributed by atoms with Crippen molar-refractivity contribution in [2.45, 2.75) is 38.3 Å². The Morgan fingerprint density at radius 2 is 1.69 bits per heavy atom. The molecule has 1 fully saturated rings. The summed E-state index contributed by atoms with van der Waals surface area (Å²) in [6.07, 6.45) is 0.119. The van der Waals surface area contributed by atoms with Crippen molar-refractivity contribution in [1.82, 2.24) is 15.5 Å². The molecule has 1 atom stereocenters. The van der Waals surface area contributed by atoms with Crippen LogP contribution in [0.2, 0.25) is 0 Å². The monoisotopic (exact) mass is 497 g/mol. The second-order valence-corrected chi connectivity index (χ2v) is 9.21. The molecule has 5 amide bonds. The summed E-state index contributed by atoms with van der Waals surface area (Å²) in [5.41, 5.74) is 0.623. The smallest absolute Gasteiger partial charge is 0.262 e. The summed E-state index contributed by atoms with van der Waals surface area (Å²) in [4.78, 5) is 63.1. The quantitative estimate of drug-likeness (QED) is 0.630. The van der Waals surface area contributed by atoms with Gasteiger partial charge in [-0.15, -0.1) is 0 Å². The maximum Gasteiger partial charge on any atom is 0.262 e. The number of fused-ring (bicyclic) bond motifs is 1. The van der Waals surface area contributed by atoms with Gasteiger partial charge in [0.1, 0.15) is 6.04 Å². The molecule has 2 aromatic rings. The zero-order valence-electron chi connectivity index (χ0n) is 17.4. The van der Waals surface area contributed by atoms with Crippen molar-refractivity contribution >= 4 is 45.5 Å². The van der Waals surface area contributed by atoms with Gasteiger partial charge in [0, 0.05) is 16.5 Å². The largest absolute Gasteiger partial charge is 0.343 e. The Hall–Kier alpha value is -3.33. The molecule has 2 N–H and O–H groups in total. The fourth-order valence-corrected chi connectivity index (χ4v) is 4.17. The molecule has 2 aliphatic rings. The normalized spacial score (nSPS) is 18.5. The minimum absolute atomic E-state index is 0.0443. The maximum absolute atomic E-state index is 13.0. The van der Waals surface area contributed by atoms with Gasteiger partial charge in [0.2, 0.25) is 11.8 Å². The van der Waals surface area contributed by atoms with Gasteiger partial charge in [-0.05, 0) is 56.2 Å². The van der Waals surface area contributed by atoms with E-state index in [-0.39, 0.29) is 29.5 Å². The van der Waals surface area contributed by atoms with Crippen LogP contribution in [0.4, 0.5) is 0 Å². The molecule has 0 radical (unpaired) electrons. The number of imide groups is 2. The molecule has 1 unspecified atom stereocenters. The van der Waals surface area contributed by atoms with E-state index in [9.17, 15) is 24.0 Å². The lowest BCUT2D eigenvalue weighted by Crippen LogP contribution is -2.54. The lowest BCUT2D eigenvalue weighted by atomic mass is 9.93. The van der Waals surface area contributed by atoms with E-state index in [0.29, 0.717) is 0 Å². The summed E-state index contributed by atoms with van der Waals surface area (Å²) >= 11 is 3.39. The van der Waals surface area contributed by atoms with Crippen LogP contribution in [-0.2, 0) is 15.1 Å². The minimum Gasteiger partial charge on any atom is -0.343 e. The Bertz CT molecular complexity index is 1170. The van der Waals surface area contributed by atoms with Crippen LogP contribution in [0.1, 0.15) is 63.3 Å². The van der Waals surface area contributed by atoms with Crippen LogP contribution < -0.4 is 10.6 Å². The number of halogens is 1. The van der Waals surface area contributed by atoms with E-state index in [0.717, 1.165) is 14.9 Å². The Kier molecular flexibility index (Phi) is 5.46. The first-order valence-corrected chi connectivity index (χ1v) is 10.8. The number of benzene rings is 2. The van der Waals surface area contributed by atoms with Crippen molar-refractivity contribution < 1.29 is 24.0 Å². The van der Waals surface area contributed by atoms with Gasteiger partial charge in [0.25, 0.3) is 17.7 Å². The van der Waals surface area contributed by atoms with Crippen LogP contribution in [0.5, 0.6) is 0 Å². The van der Waals surface area contributed by atoms with Gasteiger partial charge in [-0.3, -0.25) is 34.2 Å².